The van der Waals surface area contributed by atoms with E-state index in [0.717, 1.165) is 6.92 Å². The number of esters is 1. The molecule has 12 nitrogen and oxygen atoms in total. The van der Waals surface area contributed by atoms with Gasteiger partial charge < -0.3 is 46.5 Å². The summed E-state index contributed by atoms with van der Waals surface area (Å²) >= 11 is 0. The highest BCUT2D eigenvalue weighted by atomic mass is 16.6. The van der Waals surface area contributed by atoms with Gasteiger partial charge >= 0.3 is 11.9 Å². The highest BCUT2D eigenvalue weighted by Crippen LogP contribution is 2.36. The number of ketones is 1. The van der Waals surface area contributed by atoms with E-state index >= 15 is 0 Å². The largest absolute Gasteiger partial charge is 0.481 e. The maximum atomic E-state index is 11.9. The summed E-state index contributed by atoms with van der Waals surface area (Å²) in [5.74, 6) is -6.27. The predicted octanol–water partition coefficient (Wildman–Crippen LogP) is -2.82. The molecule has 0 spiro atoms. The van der Waals surface area contributed by atoms with Gasteiger partial charge in [-0.3, -0.25) is 9.59 Å². The van der Waals surface area contributed by atoms with E-state index < -0.39 is 79.0 Å². The molecule has 0 aromatic heterocycles. The first-order valence-corrected chi connectivity index (χ1v) is 9.12. The molecule has 9 N–H and O–H groups in total. The lowest BCUT2D eigenvalue weighted by molar-refractivity contribution is -0.285. The molecule has 1 heterocycles. The van der Waals surface area contributed by atoms with Gasteiger partial charge in [-0.25, -0.2) is 4.79 Å². The van der Waals surface area contributed by atoms with Crippen molar-refractivity contribution in [1.82, 2.24) is 0 Å². The molecule has 0 saturated carbocycles. The van der Waals surface area contributed by atoms with Crippen molar-refractivity contribution in [2.45, 2.75) is 75.4 Å². The second-order valence-electron chi connectivity index (χ2n) is 7.51. The van der Waals surface area contributed by atoms with E-state index in [2.05, 4.69) is 0 Å². The van der Waals surface area contributed by atoms with Gasteiger partial charge in [0.1, 0.15) is 6.61 Å². The van der Waals surface area contributed by atoms with Gasteiger partial charge in [0, 0.05) is 32.1 Å². The third-order valence-electron chi connectivity index (χ3n) is 4.86. The molecule has 6 atom stereocenters. The number of carboxylic acid groups (broad SMARTS) is 1. The van der Waals surface area contributed by atoms with Gasteiger partial charge in [-0.15, -0.1) is 0 Å². The summed E-state index contributed by atoms with van der Waals surface area (Å²) in [4.78, 5) is 34.1. The molecule has 5 unspecified atom stereocenters. The zero-order valence-corrected chi connectivity index (χ0v) is 16.4. The van der Waals surface area contributed by atoms with Crippen LogP contribution in [0.25, 0.3) is 0 Å². The molecule has 0 aromatic carbocycles. The van der Waals surface area contributed by atoms with Crippen molar-refractivity contribution in [2.75, 3.05) is 6.61 Å². The van der Waals surface area contributed by atoms with Crippen molar-refractivity contribution in [1.29, 1.82) is 0 Å². The summed E-state index contributed by atoms with van der Waals surface area (Å²) in [6, 6.07) is 0. The number of nitrogens with two attached hydrogens (primary N) is 2. The number of carbonyl (C=O) groups excluding carboxylic acids is 2. The number of Topliss-reactive ketones (excluding diaryl/α,β-unsaturated/α-hetero) is 1. The molecule has 0 aliphatic carbocycles. The summed E-state index contributed by atoms with van der Waals surface area (Å²) in [6.07, 6.45) is -6.45. The molecule has 29 heavy (non-hydrogen) atoms. The lowest BCUT2D eigenvalue weighted by atomic mass is 9.81. The van der Waals surface area contributed by atoms with Crippen LogP contribution in [0.3, 0.4) is 0 Å². The van der Waals surface area contributed by atoms with Crippen LogP contribution in [0.1, 0.15) is 39.5 Å². The van der Waals surface area contributed by atoms with Crippen LogP contribution in [0.4, 0.5) is 0 Å². The lowest BCUT2D eigenvalue weighted by Crippen LogP contribution is -2.58. The molecule has 168 valence electrons. The van der Waals surface area contributed by atoms with Gasteiger partial charge in [0.25, 0.3) is 0 Å². The minimum Gasteiger partial charge on any atom is -0.481 e. The van der Waals surface area contributed by atoms with Crippen LogP contribution < -0.4 is 11.5 Å². The van der Waals surface area contributed by atoms with Crippen molar-refractivity contribution in [3.8, 4) is 0 Å². The fraction of sp³-hybridized carbons (Fsp3) is 0.824. The van der Waals surface area contributed by atoms with Crippen LogP contribution in [0.2, 0.25) is 0 Å². The molecule has 0 bridgehead atoms. The van der Waals surface area contributed by atoms with E-state index in [4.69, 9.17) is 26.0 Å². The Balaban J connectivity index is 2.74. The molecule has 0 amide bonds. The highest BCUT2D eigenvalue weighted by Gasteiger charge is 2.50. The smallest absolute Gasteiger partial charge is 0.341 e. The number of carboxylic acids is 1. The molecule has 1 saturated heterocycles. The van der Waals surface area contributed by atoms with Crippen LogP contribution >= 0.6 is 0 Å². The van der Waals surface area contributed by atoms with Crippen LogP contribution in [0.15, 0.2) is 0 Å². The first-order chi connectivity index (χ1) is 13.2. The number of carbonyl (C=O) groups is 3. The van der Waals surface area contributed by atoms with Gasteiger partial charge in [-0.2, -0.15) is 0 Å². The number of aliphatic hydroxyl groups excluding tert-OH is 3. The van der Waals surface area contributed by atoms with Crippen molar-refractivity contribution in [3.63, 3.8) is 0 Å². The Hall–Kier alpha value is -1.67. The van der Waals surface area contributed by atoms with Crippen LogP contribution in [0, 0.1) is 5.92 Å². The van der Waals surface area contributed by atoms with Crippen molar-refractivity contribution < 1.29 is 49.4 Å². The maximum Gasteiger partial charge on any atom is 0.341 e. The summed E-state index contributed by atoms with van der Waals surface area (Å²) in [7, 11) is 0. The van der Waals surface area contributed by atoms with E-state index in [1.165, 1.54) is 6.92 Å². The van der Waals surface area contributed by atoms with Gasteiger partial charge in [0.05, 0.1) is 24.4 Å². The van der Waals surface area contributed by atoms with Gasteiger partial charge in [0.2, 0.25) is 5.79 Å². The van der Waals surface area contributed by atoms with Gasteiger partial charge in [-0.05, 0) is 13.3 Å². The van der Waals surface area contributed by atoms with Crippen molar-refractivity contribution in [3.05, 3.63) is 0 Å². The highest BCUT2D eigenvalue weighted by molar-refractivity contribution is 5.83. The molecule has 12 heteroatoms. The molecular formula is C17H30N2O10. The molecule has 0 radical (unpaired) electrons. The van der Waals surface area contributed by atoms with Crippen molar-refractivity contribution in [2.24, 2.45) is 17.4 Å². The summed E-state index contributed by atoms with van der Waals surface area (Å²) < 4.78 is 10.2. The Morgan fingerprint density at radius 2 is 1.90 bits per heavy atom. The zero-order chi connectivity index (χ0) is 22.6. The standard InChI is InChI=1S/C17H30N2O10/c1-8(20)14-11(23)6-17(27,9(2)21)29-12(14)5-10(22)7-28-15(26)16(18,19)4-3-13(24)25/h8,10-12,14,20,22-23,27H,3-7,18-19H2,1-2H3,(H,24,25)/t8?,10-,11?,12?,14?,17?/m0/s1. The predicted molar refractivity (Wildman–Crippen MR) is 95.9 cm³/mol. The number of rotatable bonds is 10. The Bertz CT molecular complexity index is 611. The first kappa shape index (κ1) is 25.4. The Morgan fingerprint density at radius 1 is 1.31 bits per heavy atom. The molecule has 1 aliphatic rings. The minimum absolute atomic E-state index is 0.299. The van der Waals surface area contributed by atoms with E-state index in [9.17, 15) is 34.8 Å². The van der Waals surface area contributed by atoms with Crippen LogP contribution in [-0.4, -0.2) is 85.7 Å². The first-order valence-electron chi connectivity index (χ1n) is 9.12. The number of hydrogen-bond acceptors (Lipinski definition) is 11. The number of aliphatic hydroxyl groups is 4. The fourth-order valence-electron chi connectivity index (χ4n) is 3.17. The second kappa shape index (κ2) is 9.89. The molecular weight excluding hydrogens is 392 g/mol. The van der Waals surface area contributed by atoms with E-state index in [1.54, 1.807) is 0 Å². The Morgan fingerprint density at radius 3 is 2.38 bits per heavy atom. The average molecular weight is 422 g/mol. The Kier molecular flexibility index (Phi) is 8.65. The quantitative estimate of drug-likeness (QED) is 0.140. The third kappa shape index (κ3) is 6.96. The molecule has 1 rings (SSSR count). The SMILES string of the molecule is CC(=O)C1(O)CC(O)C(C(C)O)C(C[C@H](O)COC(=O)C(N)(N)CCC(=O)O)O1. The van der Waals surface area contributed by atoms with Crippen molar-refractivity contribution >= 4 is 17.7 Å². The second-order valence-corrected chi connectivity index (χ2v) is 7.51. The summed E-state index contributed by atoms with van der Waals surface area (Å²) in [5, 5.41) is 49.2. The lowest BCUT2D eigenvalue weighted by Gasteiger charge is -2.44. The normalized spacial score (nSPS) is 29.7. The van der Waals surface area contributed by atoms with Crippen LogP contribution in [-0.2, 0) is 23.9 Å². The monoisotopic (exact) mass is 422 g/mol. The summed E-state index contributed by atoms with van der Waals surface area (Å²) in [5.41, 5.74) is 8.99. The van der Waals surface area contributed by atoms with E-state index in [-0.39, 0.29) is 12.8 Å². The van der Waals surface area contributed by atoms with Crippen LogP contribution in [0.5, 0.6) is 0 Å². The molecule has 1 aliphatic heterocycles. The molecule has 0 aromatic rings. The summed E-state index contributed by atoms with van der Waals surface area (Å²) in [6.45, 7) is 1.86. The maximum absolute atomic E-state index is 11.9. The number of hydrogen-bond donors (Lipinski definition) is 7. The minimum atomic E-state index is -2.27. The zero-order valence-electron chi connectivity index (χ0n) is 16.4. The van der Waals surface area contributed by atoms with Gasteiger partial charge in [0.15, 0.2) is 11.4 Å². The third-order valence-corrected chi connectivity index (χ3v) is 4.86. The topological polar surface area (TPSA) is 223 Å². The Labute approximate surface area is 167 Å². The van der Waals surface area contributed by atoms with E-state index in [0.29, 0.717) is 0 Å². The molecule has 1 fully saturated rings. The van der Waals surface area contributed by atoms with Gasteiger partial charge in [-0.1, -0.05) is 0 Å². The fourth-order valence-corrected chi connectivity index (χ4v) is 3.17. The van der Waals surface area contributed by atoms with E-state index in [1.807, 2.05) is 0 Å². The number of aliphatic carboxylic acids is 1. The average Bonchev–Trinajstić information content (AvgIpc) is 2.56. The number of ether oxygens (including phenoxy) is 2.